The Morgan fingerprint density at radius 3 is 2.33 bits per heavy atom. The van der Waals surface area contributed by atoms with E-state index in [4.69, 9.17) is 16.0 Å². The van der Waals surface area contributed by atoms with Gasteiger partial charge in [0.1, 0.15) is 5.84 Å². The highest BCUT2D eigenvalue weighted by atomic mass is 16.7. The number of hydroxylamine groups is 1. The summed E-state index contributed by atoms with van der Waals surface area (Å²) in [6.07, 6.45) is 1.20. The first-order valence-electron chi connectivity index (χ1n) is 10.2. The van der Waals surface area contributed by atoms with Gasteiger partial charge in [-0.1, -0.05) is 42.5 Å². The third kappa shape index (κ3) is 6.51. The molecule has 3 rings (SSSR count). The molecule has 0 bridgehead atoms. The molecular weight excluding hydrogens is 420 g/mol. The van der Waals surface area contributed by atoms with E-state index in [-0.39, 0.29) is 22.9 Å². The van der Waals surface area contributed by atoms with Crippen LogP contribution in [0.4, 0.5) is 5.69 Å². The van der Waals surface area contributed by atoms with Gasteiger partial charge < -0.3 is 15.9 Å². The molecular formula is C25H24N4O4. The Balaban J connectivity index is 1.74. The second-order valence-electron chi connectivity index (χ2n) is 7.35. The molecule has 3 aromatic carbocycles. The monoisotopic (exact) mass is 444 g/mol. The number of carbonyl (C=O) groups excluding carboxylic acids is 3. The first-order chi connectivity index (χ1) is 15.8. The van der Waals surface area contributed by atoms with Crippen LogP contribution in [0.2, 0.25) is 0 Å². The van der Waals surface area contributed by atoms with E-state index in [9.17, 15) is 14.4 Å². The number of hydrogen-bond acceptors (Lipinski definition) is 5. The Bertz CT molecular complexity index is 1190. The maximum atomic E-state index is 12.7. The van der Waals surface area contributed by atoms with E-state index in [1.807, 2.05) is 30.3 Å². The number of aryl methyl sites for hydroxylation is 2. The fourth-order valence-corrected chi connectivity index (χ4v) is 3.24. The van der Waals surface area contributed by atoms with Crippen molar-refractivity contribution in [3.8, 4) is 0 Å². The van der Waals surface area contributed by atoms with E-state index in [2.05, 4.69) is 10.8 Å². The molecule has 8 heteroatoms. The molecule has 168 valence electrons. The summed E-state index contributed by atoms with van der Waals surface area (Å²) in [5.41, 5.74) is 10.8. The maximum absolute atomic E-state index is 12.7. The maximum Gasteiger partial charge on any atom is 0.363 e. The molecule has 0 saturated carbocycles. The average Bonchev–Trinajstić information content (AvgIpc) is 2.81. The predicted octanol–water partition coefficient (Wildman–Crippen LogP) is 3.22. The van der Waals surface area contributed by atoms with E-state index in [1.165, 1.54) is 19.1 Å². The van der Waals surface area contributed by atoms with E-state index in [1.54, 1.807) is 30.3 Å². The number of hydrogen-bond donors (Lipinski definition) is 4. The number of nitrogens with two attached hydrogens (primary N) is 1. The molecule has 0 spiro atoms. The van der Waals surface area contributed by atoms with Gasteiger partial charge in [-0.25, -0.2) is 4.79 Å². The Labute approximate surface area is 191 Å². The van der Waals surface area contributed by atoms with Crippen molar-refractivity contribution in [2.45, 2.75) is 19.8 Å². The molecule has 0 fully saturated rings. The van der Waals surface area contributed by atoms with Gasteiger partial charge in [-0.3, -0.25) is 15.0 Å². The van der Waals surface area contributed by atoms with Crippen LogP contribution in [0.3, 0.4) is 0 Å². The molecule has 0 radical (unpaired) electrons. The van der Waals surface area contributed by atoms with Gasteiger partial charge in [0, 0.05) is 23.7 Å². The number of amidine groups is 1. The molecule has 3 aromatic rings. The van der Waals surface area contributed by atoms with Crippen LogP contribution < -0.4 is 16.5 Å². The van der Waals surface area contributed by atoms with E-state index in [0.29, 0.717) is 29.7 Å². The topological polar surface area (TPSA) is 134 Å². The quantitative estimate of drug-likeness (QED) is 0.252. The minimum absolute atomic E-state index is 0.177. The first kappa shape index (κ1) is 23.2. The SMILES string of the molecule is CC(=O)Nc1ccc(C(=O)ONC(=O)c2cccc(C(=N)N)c2)c(CCc2ccccc2)c1. The van der Waals surface area contributed by atoms with Crippen LogP contribution >= 0.6 is 0 Å². The van der Waals surface area contributed by atoms with E-state index in [0.717, 1.165) is 5.56 Å². The number of carbonyl (C=O) groups is 3. The molecule has 2 amide bonds. The number of benzene rings is 3. The molecule has 0 aliphatic heterocycles. The van der Waals surface area contributed by atoms with Gasteiger partial charge in [-0.15, -0.1) is 0 Å². The molecule has 0 aliphatic carbocycles. The molecule has 0 heterocycles. The van der Waals surface area contributed by atoms with Gasteiger partial charge in [0.2, 0.25) is 5.91 Å². The van der Waals surface area contributed by atoms with Gasteiger partial charge in [0.15, 0.2) is 0 Å². The van der Waals surface area contributed by atoms with Crippen LogP contribution in [0.1, 0.15) is 44.3 Å². The van der Waals surface area contributed by atoms with Crippen LogP contribution in [0.5, 0.6) is 0 Å². The molecule has 8 nitrogen and oxygen atoms in total. The summed E-state index contributed by atoms with van der Waals surface area (Å²) < 4.78 is 0. The zero-order valence-electron chi connectivity index (χ0n) is 18.1. The van der Waals surface area contributed by atoms with Crippen molar-refractivity contribution in [3.05, 3.63) is 101 Å². The smallest absolute Gasteiger partial charge is 0.363 e. The molecule has 0 aromatic heterocycles. The van der Waals surface area contributed by atoms with Crippen molar-refractivity contribution >= 4 is 29.3 Å². The highest BCUT2D eigenvalue weighted by molar-refractivity contribution is 6.00. The van der Waals surface area contributed by atoms with Crippen molar-refractivity contribution in [2.75, 3.05) is 5.32 Å². The van der Waals surface area contributed by atoms with Crippen molar-refractivity contribution in [1.29, 1.82) is 5.41 Å². The number of anilines is 1. The molecule has 0 atom stereocenters. The molecule has 0 aliphatic rings. The minimum atomic E-state index is -0.733. The van der Waals surface area contributed by atoms with Crippen LogP contribution in [0, 0.1) is 5.41 Å². The molecule has 0 saturated heterocycles. The second-order valence-corrected chi connectivity index (χ2v) is 7.35. The van der Waals surface area contributed by atoms with Crippen LogP contribution in [-0.2, 0) is 22.5 Å². The second kappa shape index (κ2) is 10.7. The fraction of sp³-hybridized carbons (Fsp3) is 0.120. The normalized spacial score (nSPS) is 10.2. The minimum Gasteiger partial charge on any atom is -0.384 e. The predicted molar refractivity (Wildman–Crippen MR) is 125 cm³/mol. The lowest BCUT2D eigenvalue weighted by atomic mass is 9.99. The summed E-state index contributed by atoms with van der Waals surface area (Å²) in [7, 11) is 0. The Kier molecular flexibility index (Phi) is 7.54. The van der Waals surface area contributed by atoms with Gasteiger partial charge in [-0.2, -0.15) is 5.48 Å². The fourth-order valence-electron chi connectivity index (χ4n) is 3.24. The van der Waals surface area contributed by atoms with E-state index >= 15 is 0 Å². The summed E-state index contributed by atoms with van der Waals surface area (Å²) >= 11 is 0. The summed E-state index contributed by atoms with van der Waals surface area (Å²) in [4.78, 5) is 41.6. The Morgan fingerprint density at radius 2 is 1.64 bits per heavy atom. The highest BCUT2D eigenvalue weighted by Gasteiger charge is 2.17. The van der Waals surface area contributed by atoms with Crippen LogP contribution in [0.15, 0.2) is 72.8 Å². The van der Waals surface area contributed by atoms with Crippen molar-refractivity contribution in [1.82, 2.24) is 5.48 Å². The largest absolute Gasteiger partial charge is 0.384 e. The first-order valence-corrected chi connectivity index (χ1v) is 10.2. The highest BCUT2D eigenvalue weighted by Crippen LogP contribution is 2.19. The average molecular weight is 444 g/mol. The van der Waals surface area contributed by atoms with Crippen LogP contribution in [0.25, 0.3) is 0 Å². The van der Waals surface area contributed by atoms with Crippen molar-refractivity contribution in [2.24, 2.45) is 5.73 Å². The standard InChI is InChI=1S/C25H24N4O4/c1-16(30)28-21-12-13-22(18(15-21)11-10-17-6-3-2-4-7-17)25(32)33-29-24(31)20-9-5-8-19(14-20)23(26)27/h2-9,12-15H,10-11H2,1H3,(H3,26,27)(H,28,30)(H,29,31). The number of rotatable bonds is 7. The zero-order valence-corrected chi connectivity index (χ0v) is 18.1. The lowest BCUT2D eigenvalue weighted by Crippen LogP contribution is -2.28. The summed E-state index contributed by atoms with van der Waals surface area (Å²) in [5.74, 6) is -1.78. The third-order valence-corrected chi connectivity index (χ3v) is 4.84. The lowest BCUT2D eigenvalue weighted by molar-refractivity contribution is -0.114. The van der Waals surface area contributed by atoms with Crippen LogP contribution in [-0.4, -0.2) is 23.6 Å². The van der Waals surface area contributed by atoms with Crippen molar-refractivity contribution < 1.29 is 19.2 Å². The zero-order chi connectivity index (χ0) is 23.8. The number of amides is 2. The van der Waals surface area contributed by atoms with Gasteiger partial charge in [0.05, 0.1) is 5.56 Å². The van der Waals surface area contributed by atoms with E-state index < -0.39 is 11.9 Å². The summed E-state index contributed by atoms with van der Waals surface area (Å²) in [5, 5.41) is 10.2. The summed E-state index contributed by atoms with van der Waals surface area (Å²) in [6, 6.07) is 20.8. The lowest BCUT2D eigenvalue weighted by Gasteiger charge is -2.12. The van der Waals surface area contributed by atoms with Crippen molar-refractivity contribution in [3.63, 3.8) is 0 Å². The number of nitrogens with one attached hydrogen (secondary N) is 3. The van der Waals surface area contributed by atoms with Gasteiger partial charge in [-0.05, 0) is 54.3 Å². The molecule has 5 N–H and O–H groups in total. The summed E-state index contributed by atoms with van der Waals surface area (Å²) in [6.45, 7) is 1.41. The Morgan fingerprint density at radius 1 is 0.909 bits per heavy atom. The number of nitrogen functional groups attached to an aromatic ring is 1. The van der Waals surface area contributed by atoms with Gasteiger partial charge >= 0.3 is 5.97 Å². The van der Waals surface area contributed by atoms with Gasteiger partial charge in [0.25, 0.3) is 5.91 Å². The Hall–Kier alpha value is -4.46. The third-order valence-electron chi connectivity index (χ3n) is 4.84. The molecule has 33 heavy (non-hydrogen) atoms. The molecule has 0 unspecified atom stereocenters.